The fraction of sp³-hybridized carbons (Fsp3) is 0.200. The topological polar surface area (TPSA) is 124 Å². The molecule has 0 bridgehead atoms. The van der Waals surface area contributed by atoms with Crippen LogP contribution in [-0.2, 0) is 16.4 Å². The maximum atomic E-state index is 12.6. The van der Waals surface area contributed by atoms with Crippen molar-refractivity contribution < 1.29 is 18.1 Å². The van der Waals surface area contributed by atoms with E-state index in [1.165, 1.54) is 0 Å². The van der Waals surface area contributed by atoms with Crippen LogP contribution in [0.3, 0.4) is 0 Å². The summed E-state index contributed by atoms with van der Waals surface area (Å²) >= 11 is 0. The lowest BCUT2D eigenvalue weighted by atomic mass is 10.1. The molecular formula is C20H20N4O5S. The lowest BCUT2D eigenvalue weighted by Crippen LogP contribution is -2.24. The Kier molecular flexibility index (Phi) is 5.70. The van der Waals surface area contributed by atoms with Gasteiger partial charge in [0.2, 0.25) is 0 Å². The molecule has 1 heterocycles. The maximum absolute atomic E-state index is 12.6. The first-order valence-electron chi connectivity index (χ1n) is 8.96. The van der Waals surface area contributed by atoms with Crippen molar-refractivity contribution >= 4 is 21.4 Å². The Hall–Kier alpha value is -3.53. The number of amides is 1. The smallest absolute Gasteiger partial charge is 0.271 e. The SMILES string of the molecule is Cc1nn(-c2ccccc2)c(C)c1CNC(=O)c1cc([N+](=O)[O-])cc(S(C)(=O)=O)c1. The zero-order valence-corrected chi connectivity index (χ0v) is 17.4. The van der Waals surface area contributed by atoms with Gasteiger partial charge in [-0.2, -0.15) is 5.10 Å². The summed E-state index contributed by atoms with van der Waals surface area (Å²) < 4.78 is 25.4. The highest BCUT2D eigenvalue weighted by molar-refractivity contribution is 7.90. The number of sulfone groups is 1. The van der Waals surface area contributed by atoms with E-state index in [1.807, 2.05) is 44.2 Å². The van der Waals surface area contributed by atoms with Crippen LogP contribution in [0.15, 0.2) is 53.4 Å². The Morgan fingerprint density at radius 2 is 1.83 bits per heavy atom. The molecule has 30 heavy (non-hydrogen) atoms. The molecule has 9 nitrogen and oxygen atoms in total. The lowest BCUT2D eigenvalue weighted by Gasteiger charge is -2.08. The van der Waals surface area contributed by atoms with Crippen LogP contribution in [0.1, 0.15) is 27.3 Å². The maximum Gasteiger partial charge on any atom is 0.271 e. The second-order valence-corrected chi connectivity index (χ2v) is 8.84. The number of rotatable bonds is 6. The zero-order chi connectivity index (χ0) is 22.1. The summed E-state index contributed by atoms with van der Waals surface area (Å²) in [6, 6.07) is 12.6. The molecule has 1 aromatic heterocycles. The van der Waals surface area contributed by atoms with Gasteiger partial charge in [0.15, 0.2) is 9.84 Å². The fourth-order valence-electron chi connectivity index (χ4n) is 3.06. The third kappa shape index (κ3) is 4.38. The predicted molar refractivity (Wildman–Crippen MR) is 110 cm³/mol. The van der Waals surface area contributed by atoms with Crippen molar-refractivity contribution in [2.24, 2.45) is 0 Å². The lowest BCUT2D eigenvalue weighted by molar-refractivity contribution is -0.385. The average molecular weight is 428 g/mol. The molecule has 0 saturated heterocycles. The minimum absolute atomic E-state index is 0.101. The number of carbonyl (C=O) groups excluding carboxylic acids is 1. The van der Waals surface area contributed by atoms with Crippen LogP contribution in [0.2, 0.25) is 0 Å². The van der Waals surface area contributed by atoms with Crippen LogP contribution in [0.25, 0.3) is 5.69 Å². The number of nitro groups is 1. The largest absolute Gasteiger partial charge is 0.348 e. The van der Waals surface area contributed by atoms with Crippen molar-refractivity contribution in [3.63, 3.8) is 0 Å². The summed E-state index contributed by atoms with van der Waals surface area (Å²) in [6.45, 7) is 3.84. The molecule has 1 amide bonds. The second kappa shape index (κ2) is 8.07. The van der Waals surface area contributed by atoms with Gasteiger partial charge in [-0.25, -0.2) is 13.1 Å². The van der Waals surface area contributed by atoms with E-state index >= 15 is 0 Å². The molecule has 2 aromatic carbocycles. The number of hydrogen-bond donors (Lipinski definition) is 1. The summed E-state index contributed by atoms with van der Waals surface area (Å²) in [6.07, 6.45) is 0.929. The number of nitrogens with one attached hydrogen (secondary N) is 1. The number of aryl methyl sites for hydroxylation is 1. The van der Waals surface area contributed by atoms with Gasteiger partial charge in [-0.1, -0.05) is 18.2 Å². The van der Waals surface area contributed by atoms with Crippen molar-refractivity contribution in [3.05, 3.63) is 81.2 Å². The summed E-state index contributed by atoms with van der Waals surface area (Å²) in [5, 5.41) is 18.3. The molecule has 0 aliphatic carbocycles. The van der Waals surface area contributed by atoms with Gasteiger partial charge in [-0.05, 0) is 32.0 Å². The van der Waals surface area contributed by atoms with Gasteiger partial charge in [-0.3, -0.25) is 14.9 Å². The van der Waals surface area contributed by atoms with Crippen molar-refractivity contribution in [2.75, 3.05) is 6.26 Å². The molecule has 0 fully saturated rings. The van der Waals surface area contributed by atoms with Crippen LogP contribution >= 0.6 is 0 Å². The molecule has 3 rings (SSSR count). The van der Waals surface area contributed by atoms with Gasteiger partial charge in [0.1, 0.15) is 0 Å². The molecule has 3 aromatic rings. The van der Waals surface area contributed by atoms with E-state index in [0.717, 1.165) is 47.1 Å². The number of carbonyl (C=O) groups is 1. The normalized spacial score (nSPS) is 11.3. The fourth-order valence-corrected chi connectivity index (χ4v) is 3.73. The van der Waals surface area contributed by atoms with E-state index in [2.05, 4.69) is 10.4 Å². The van der Waals surface area contributed by atoms with Crippen molar-refractivity contribution in [2.45, 2.75) is 25.3 Å². The average Bonchev–Trinajstić information content (AvgIpc) is 2.99. The second-order valence-electron chi connectivity index (χ2n) is 6.82. The number of benzene rings is 2. The van der Waals surface area contributed by atoms with Crippen LogP contribution in [0.5, 0.6) is 0 Å². The Labute approximate surface area is 173 Å². The number of hydrogen-bond acceptors (Lipinski definition) is 6. The van der Waals surface area contributed by atoms with Crippen molar-refractivity contribution in [1.82, 2.24) is 15.1 Å². The number of aromatic nitrogens is 2. The first kappa shape index (κ1) is 21.2. The van der Waals surface area contributed by atoms with Crippen LogP contribution in [-0.4, -0.2) is 35.3 Å². The zero-order valence-electron chi connectivity index (χ0n) is 16.6. The molecule has 1 N–H and O–H groups in total. The Morgan fingerprint density at radius 1 is 1.17 bits per heavy atom. The van der Waals surface area contributed by atoms with Crippen LogP contribution in [0, 0.1) is 24.0 Å². The van der Waals surface area contributed by atoms with E-state index in [9.17, 15) is 23.3 Å². The Balaban J connectivity index is 1.87. The highest BCUT2D eigenvalue weighted by Crippen LogP contribution is 2.22. The van der Waals surface area contributed by atoms with E-state index in [0.29, 0.717) is 0 Å². The quantitative estimate of drug-likeness (QED) is 0.475. The third-order valence-electron chi connectivity index (χ3n) is 4.66. The van der Waals surface area contributed by atoms with E-state index in [-0.39, 0.29) is 17.0 Å². The van der Waals surface area contributed by atoms with Gasteiger partial charge >= 0.3 is 0 Å². The summed E-state index contributed by atoms with van der Waals surface area (Å²) in [7, 11) is -3.72. The van der Waals surface area contributed by atoms with Gasteiger partial charge in [0.05, 0.1) is 21.2 Å². The van der Waals surface area contributed by atoms with E-state index in [1.54, 1.807) is 4.68 Å². The summed E-state index contributed by atoms with van der Waals surface area (Å²) in [5.41, 5.74) is 2.69. The molecule has 0 atom stereocenters. The third-order valence-corrected chi connectivity index (χ3v) is 5.75. The predicted octanol–water partition coefficient (Wildman–Crippen LogP) is 2.73. The molecule has 0 saturated carbocycles. The van der Waals surface area contributed by atoms with E-state index in [4.69, 9.17) is 0 Å². The molecule has 0 aliphatic rings. The highest BCUT2D eigenvalue weighted by atomic mass is 32.2. The molecular weight excluding hydrogens is 408 g/mol. The number of nitrogens with zero attached hydrogens (tertiary/aromatic N) is 3. The Morgan fingerprint density at radius 3 is 2.43 bits per heavy atom. The van der Waals surface area contributed by atoms with Gasteiger partial charge in [0, 0.05) is 41.8 Å². The number of non-ortho nitro benzene ring substituents is 1. The van der Waals surface area contributed by atoms with Crippen LogP contribution in [0.4, 0.5) is 5.69 Å². The minimum Gasteiger partial charge on any atom is -0.348 e. The molecule has 0 spiro atoms. The molecule has 156 valence electrons. The molecule has 0 aliphatic heterocycles. The number of para-hydroxylation sites is 1. The van der Waals surface area contributed by atoms with E-state index < -0.39 is 26.4 Å². The standard InChI is InChI=1S/C20H20N4O5S/c1-13-19(14(2)23(22-13)16-7-5-4-6-8-16)12-21-20(25)15-9-17(24(26)27)11-18(10-15)30(3,28)29/h4-11H,12H2,1-3H3,(H,21,25). The number of nitro benzene ring substituents is 1. The Bertz CT molecular complexity index is 1230. The van der Waals surface area contributed by atoms with Gasteiger partial charge in [-0.15, -0.1) is 0 Å². The first-order chi connectivity index (χ1) is 14.1. The summed E-state index contributed by atoms with van der Waals surface area (Å²) in [5.74, 6) is -0.616. The molecule has 0 unspecified atom stereocenters. The molecule has 10 heteroatoms. The monoisotopic (exact) mass is 428 g/mol. The van der Waals surface area contributed by atoms with Crippen LogP contribution < -0.4 is 5.32 Å². The highest BCUT2D eigenvalue weighted by Gasteiger charge is 2.20. The van der Waals surface area contributed by atoms with Gasteiger partial charge in [0.25, 0.3) is 11.6 Å². The minimum atomic E-state index is -3.72. The molecule has 0 radical (unpaired) electrons. The van der Waals surface area contributed by atoms with Crippen molar-refractivity contribution in [3.8, 4) is 5.69 Å². The van der Waals surface area contributed by atoms with Crippen molar-refractivity contribution in [1.29, 1.82) is 0 Å². The van der Waals surface area contributed by atoms with Gasteiger partial charge < -0.3 is 5.32 Å². The summed E-state index contributed by atoms with van der Waals surface area (Å²) in [4.78, 5) is 22.7. The first-order valence-corrected chi connectivity index (χ1v) is 10.9.